The highest BCUT2D eigenvalue weighted by molar-refractivity contribution is 7.89. The number of imidazole rings is 1. The van der Waals surface area contributed by atoms with Crippen LogP contribution in [0, 0.1) is 13.8 Å². The van der Waals surface area contributed by atoms with Gasteiger partial charge in [-0.25, -0.2) is 18.1 Å². The van der Waals surface area contributed by atoms with Gasteiger partial charge in [0.15, 0.2) is 0 Å². The molecule has 1 amide bonds. The number of rotatable bonds is 7. The summed E-state index contributed by atoms with van der Waals surface area (Å²) in [5.41, 5.74) is 3.74. The first-order valence-electron chi connectivity index (χ1n) is 9.17. The number of nitrogens with one attached hydrogen (secondary N) is 2. The van der Waals surface area contributed by atoms with Gasteiger partial charge in [0.25, 0.3) is 5.91 Å². The van der Waals surface area contributed by atoms with Gasteiger partial charge < -0.3 is 9.88 Å². The van der Waals surface area contributed by atoms with Gasteiger partial charge in [0.2, 0.25) is 10.0 Å². The van der Waals surface area contributed by atoms with Crippen LogP contribution >= 0.6 is 0 Å². The van der Waals surface area contributed by atoms with E-state index in [4.69, 9.17) is 0 Å². The first-order valence-corrected chi connectivity index (χ1v) is 10.7. The second kappa shape index (κ2) is 8.59. The summed E-state index contributed by atoms with van der Waals surface area (Å²) < 4.78 is 28.8. The molecule has 1 heterocycles. The van der Waals surface area contributed by atoms with Crippen LogP contribution in [-0.4, -0.2) is 30.9 Å². The first-order chi connectivity index (χ1) is 13.8. The summed E-state index contributed by atoms with van der Waals surface area (Å²) in [7, 11) is -2.29. The Morgan fingerprint density at radius 2 is 1.86 bits per heavy atom. The van der Waals surface area contributed by atoms with Crippen molar-refractivity contribution in [1.29, 1.82) is 0 Å². The summed E-state index contributed by atoms with van der Waals surface area (Å²) in [6, 6.07) is 11.0. The maximum Gasteiger partial charge on any atom is 0.251 e. The van der Waals surface area contributed by atoms with Crippen LogP contribution in [-0.2, 0) is 23.1 Å². The lowest BCUT2D eigenvalue weighted by Gasteiger charge is -2.14. The molecule has 0 spiro atoms. The first kappa shape index (κ1) is 20.8. The number of nitrogens with zero attached hydrogens (tertiary/aromatic N) is 2. The molecule has 0 saturated heterocycles. The van der Waals surface area contributed by atoms with Crippen molar-refractivity contribution >= 4 is 15.9 Å². The summed E-state index contributed by atoms with van der Waals surface area (Å²) in [6.45, 7) is 4.51. The Balaban J connectivity index is 1.80. The molecule has 1 aromatic heterocycles. The topological polar surface area (TPSA) is 93.1 Å². The van der Waals surface area contributed by atoms with Gasteiger partial charge in [-0.2, -0.15) is 0 Å². The van der Waals surface area contributed by atoms with E-state index in [1.165, 1.54) is 13.1 Å². The molecule has 29 heavy (non-hydrogen) atoms. The number of carbonyl (C=O) groups is 1. The summed E-state index contributed by atoms with van der Waals surface area (Å²) in [6.07, 6.45) is 5.35. The molecule has 0 fully saturated rings. The van der Waals surface area contributed by atoms with E-state index in [2.05, 4.69) is 15.0 Å². The fourth-order valence-corrected chi connectivity index (χ4v) is 4.15. The number of benzene rings is 2. The van der Waals surface area contributed by atoms with E-state index < -0.39 is 10.0 Å². The Morgan fingerprint density at radius 1 is 1.14 bits per heavy atom. The van der Waals surface area contributed by atoms with Crippen molar-refractivity contribution in [2.45, 2.75) is 31.8 Å². The second-order valence-corrected chi connectivity index (χ2v) is 8.67. The highest BCUT2D eigenvalue weighted by Gasteiger charge is 2.19. The molecule has 0 radical (unpaired) electrons. The van der Waals surface area contributed by atoms with E-state index in [1.54, 1.807) is 32.4 Å². The van der Waals surface area contributed by atoms with Gasteiger partial charge in [0, 0.05) is 31.0 Å². The van der Waals surface area contributed by atoms with Gasteiger partial charge in [-0.05, 0) is 55.3 Å². The van der Waals surface area contributed by atoms with Gasteiger partial charge in [-0.1, -0.05) is 24.3 Å². The van der Waals surface area contributed by atoms with Crippen molar-refractivity contribution in [2.75, 3.05) is 7.05 Å². The monoisotopic (exact) mass is 412 g/mol. The Kier molecular flexibility index (Phi) is 6.14. The van der Waals surface area contributed by atoms with Gasteiger partial charge in [-0.3, -0.25) is 4.79 Å². The molecule has 152 valence electrons. The lowest BCUT2D eigenvalue weighted by molar-refractivity contribution is 0.0950. The Bertz CT molecular complexity index is 1120. The van der Waals surface area contributed by atoms with Crippen molar-refractivity contribution < 1.29 is 13.2 Å². The minimum Gasteiger partial charge on any atom is -0.348 e. The minimum absolute atomic E-state index is 0.116. The number of hydrogen-bond donors (Lipinski definition) is 2. The number of sulfonamides is 1. The molecule has 0 atom stereocenters. The Morgan fingerprint density at radius 3 is 2.52 bits per heavy atom. The molecule has 0 saturated carbocycles. The molecule has 0 aliphatic rings. The summed E-state index contributed by atoms with van der Waals surface area (Å²) in [4.78, 5) is 16.9. The Labute approximate surface area is 170 Å². The molecule has 0 aliphatic heterocycles. The van der Waals surface area contributed by atoms with E-state index >= 15 is 0 Å². The van der Waals surface area contributed by atoms with Gasteiger partial charge >= 0.3 is 0 Å². The molecule has 0 bridgehead atoms. The second-order valence-electron chi connectivity index (χ2n) is 6.81. The summed E-state index contributed by atoms with van der Waals surface area (Å²) >= 11 is 0. The van der Waals surface area contributed by atoms with Crippen LogP contribution in [0.1, 0.15) is 32.6 Å². The van der Waals surface area contributed by atoms with Gasteiger partial charge in [0.05, 0.1) is 11.2 Å². The molecule has 3 rings (SSSR count). The molecule has 2 N–H and O–H groups in total. The van der Waals surface area contributed by atoms with Crippen LogP contribution in [0.2, 0.25) is 0 Å². The van der Waals surface area contributed by atoms with Crippen LogP contribution in [0.4, 0.5) is 0 Å². The standard InChI is InChI=1S/C21H24N4O3S/c1-15-10-19(11-20(16(15)2)29(27,28)22-3)21(26)24-12-17-6-4-5-7-18(17)13-25-9-8-23-14-25/h4-11,14,22H,12-13H2,1-3H3,(H,24,26). The predicted octanol–water partition coefficient (Wildman–Crippen LogP) is 2.39. The van der Waals surface area contributed by atoms with E-state index in [0.717, 1.165) is 16.7 Å². The predicted molar refractivity (Wildman–Crippen MR) is 111 cm³/mol. The summed E-state index contributed by atoms with van der Waals surface area (Å²) in [5, 5.41) is 2.90. The fraction of sp³-hybridized carbons (Fsp3) is 0.238. The normalized spacial score (nSPS) is 11.4. The molecule has 2 aromatic carbocycles. The van der Waals surface area contributed by atoms with E-state index in [0.29, 0.717) is 24.2 Å². The van der Waals surface area contributed by atoms with Crippen molar-refractivity contribution in [3.8, 4) is 0 Å². The third-order valence-electron chi connectivity index (χ3n) is 4.91. The average Bonchev–Trinajstić information content (AvgIpc) is 3.22. The number of hydrogen-bond acceptors (Lipinski definition) is 4. The number of aromatic nitrogens is 2. The zero-order valence-corrected chi connectivity index (χ0v) is 17.5. The van der Waals surface area contributed by atoms with Crippen molar-refractivity contribution in [1.82, 2.24) is 19.6 Å². The van der Waals surface area contributed by atoms with Gasteiger partial charge in [-0.15, -0.1) is 0 Å². The molecular weight excluding hydrogens is 388 g/mol. The molecule has 8 heteroatoms. The van der Waals surface area contributed by atoms with Crippen LogP contribution in [0.3, 0.4) is 0 Å². The van der Waals surface area contributed by atoms with E-state index in [9.17, 15) is 13.2 Å². The van der Waals surface area contributed by atoms with E-state index in [-0.39, 0.29) is 10.8 Å². The number of amides is 1. The van der Waals surface area contributed by atoms with Crippen LogP contribution in [0.15, 0.2) is 60.0 Å². The molecule has 3 aromatic rings. The van der Waals surface area contributed by atoms with Crippen LogP contribution < -0.4 is 10.0 Å². The number of carbonyl (C=O) groups excluding carboxylic acids is 1. The number of aryl methyl sites for hydroxylation is 1. The average molecular weight is 413 g/mol. The van der Waals surface area contributed by atoms with Crippen LogP contribution in [0.25, 0.3) is 0 Å². The lowest BCUT2D eigenvalue weighted by atomic mass is 10.0. The summed E-state index contributed by atoms with van der Waals surface area (Å²) in [5.74, 6) is -0.321. The zero-order chi connectivity index (χ0) is 21.0. The fourth-order valence-electron chi connectivity index (χ4n) is 3.09. The molecule has 0 aliphatic carbocycles. The minimum atomic E-state index is -3.65. The highest BCUT2D eigenvalue weighted by atomic mass is 32.2. The quantitative estimate of drug-likeness (QED) is 0.623. The van der Waals surface area contributed by atoms with E-state index in [1.807, 2.05) is 35.0 Å². The zero-order valence-electron chi connectivity index (χ0n) is 16.6. The molecular formula is C21H24N4O3S. The highest BCUT2D eigenvalue weighted by Crippen LogP contribution is 2.21. The van der Waals surface area contributed by atoms with Crippen molar-refractivity contribution in [3.63, 3.8) is 0 Å². The van der Waals surface area contributed by atoms with Crippen molar-refractivity contribution in [2.24, 2.45) is 0 Å². The van der Waals surface area contributed by atoms with Crippen molar-refractivity contribution in [3.05, 3.63) is 82.9 Å². The molecule has 7 nitrogen and oxygen atoms in total. The maximum atomic E-state index is 12.7. The third-order valence-corrected chi connectivity index (χ3v) is 6.45. The van der Waals surface area contributed by atoms with Crippen LogP contribution in [0.5, 0.6) is 0 Å². The molecule has 0 unspecified atom stereocenters. The largest absolute Gasteiger partial charge is 0.348 e. The third kappa shape index (κ3) is 4.72. The van der Waals surface area contributed by atoms with Gasteiger partial charge in [0.1, 0.15) is 0 Å². The lowest BCUT2D eigenvalue weighted by Crippen LogP contribution is -2.25. The smallest absolute Gasteiger partial charge is 0.251 e. The maximum absolute atomic E-state index is 12.7. The SMILES string of the molecule is CNS(=O)(=O)c1cc(C(=O)NCc2ccccc2Cn2ccnc2)cc(C)c1C. The Hall–Kier alpha value is -2.97.